The smallest absolute Gasteiger partial charge is 0.306 e. The van der Waals surface area contributed by atoms with Crippen molar-refractivity contribution < 1.29 is 14.6 Å². The van der Waals surface area contributed by atoms with Gasteiger partial charge in [-0.05, 0) is 37.4 Å². The SMILES string of the molecule is CC(CC1CCOC2(CCSC2)C1)C(=O)O. The molecule has 3 atom stereocenters. The highest BCUT2D eigenvalue weighted by molar-refractivity contribution is 7.99. The number of ether oxygens (including phenoxy) is 1. The van der Waals surface area contributed by atoms with E-state index in [0.717, 1.165) is 38.0 Å². The molecule has 0 aromatic heterocycles. The Morgan fingerprint density at radius 2 is 2.50 bits per heavy atom. The monoisotopic (exact) mass is 244 g/mol. The van der Waals surface area contributed by atoms with E-state index in [0.29, 0.717) is 5.92 Å². The van der Waals surface area contributed by atoms with Gasteiger partial charge < -0.3 is 9.84 Å². The Balaban J connectivity index is 1.89. The Hall–Kier alpha value is -0.220. The predicted octanol–water partition coefficient (Wildman–Crippen LogP) is 2.40. The van der Waals surface area contributed by atoms with E-state index in [4.69, 9.17) is 9.84 Å². The average molecular weight is 244 g/mol. The van der Waals surface area contributed by atoms with Crippen LogP contribution < -0.4 is 0 Å². The normalized spacial score (nSPS) is 36.4. The second-order valence-corrected chi connectivity index (χ2v) is 6.27. The fraction of sp³-hybridized carbons (Fsp3) is 0.917. The molecule has 0 aliphatic carbocycles. The van der Waals surface area contributed by atoms with E-state index >= 15 is 0 Å². The molecule has 1 N–H and O–H groups in total. The maximum Gasteiger partial charge on any atom is 0.306 e. The lowest BCUT2D eigenvalue weighted by Gasteiger charge is -2.38. The van der Waals surface area contributed by atoms with Crippen molar-refractivity contribution in [2.24, 2.45) is 11.8 Å². The predicted molar refractivity (Wildman–Crippen MR) is 64.8 cm³/mol. The zero-order valence-electron chi connectivity index (χ0n) is 9.78. The topological polar surface area (TPSA) is 46.5 Å². The van der Waals surface area contributed by atoms with Crippen molar-refractivity contribution in [3.8, 4) is 0 Å². The molecule has 1 spiro atoms. The Labute approximate surface area is 101 Å². The van der Waals surface area contributed by atoms with Gasteiger partial charge in [-0.2, -0.15) is 11.8 Å². The van der Waals surface area contributed by atoms with Gasteiger partial charge >= 0.3 is 5.97 Å². The molecule has 2 rings (SSSR count). The molecular weight excluding hydrogens is 224 g/mol. The average Bonchev–Trinajstić information content (AvgIpc) is 2.66. The molecule has 0 amide bonds. The summed E-state index contributed by atoms with van der Waals surface area (Å²) in [6, 6.07) is 0. The fourth-order valence-corrected chi connectivity index (χ4v) is 4.17. The zero-order valence-corrected chi connectivity index (χ0v) is 10.6. The van der Waals surface area contributed by atoms with E-state index in [1.807, 2.05) is 18.7 Å². The molecule has 0 bridgehead atoms. The van der Waals surface area contributed by atoms with Gasteiger partial charge in [0.05, 0.1) is 11.5 Å². The van der Waals surface area contributed by atoms with E-state index in [-0.39, 0.29) is 11.5 Å². The minimum absolute atomic E-state index is 0.0891. The van der Waals surface area contributed by atoms with Gasteiger partial charge in [0.25, 0.3) is 0 Å². The Morgan fingerprint density at radius 3 is 3.12 bits per heavy atom. The van der Waals surface area contributed by atoms with E-state index in [9.17, 15) is 4.79 Å². The highest BCUT2D eigenvalue weighted by Crippen LogP contribution is 2.41. The summed E-state index contributed by atoms with van der Waals surface area (Å²) in [5.41, 5.74) is 0.0891. The number of hydrogen-bond acceptors (Lipinski definition) is 3. The maximum atomic E-state index is 10.9. The molecule has 92 valence electrons. The number of carbonyl (C=O) groups is 1. The van der Waals surface area contributed by atoms with Crippen LogP contribution in [0, 0.1) is 11.8 Å². The standard InChI is InChI=1S/C12H20O3S/c1-9(11(13)14)6-10-2-4-15-12(7-10)3-5-16-8-12/h9-10H,2-8H2,1H3,(H,13,14). The quantitative estimate of drug-likeness (QED) is 0.828. The molecule has 2 saturated heterocycles. The lowest BCUT2D eigenvalue weighted by molar-refractivity contribution is -0.142. The summed E-state index contributed by atoms with van der Waals surface area (Å²) < 4.78 is 5.93. The molecular formula is C12H20O3S. The summed E-state index contributed by atoms with van der Waals surface area (Å²) in [6.45, 7) is 2.63. The van der Waals surface area contributed by atoms with E-state index in [2.05, 4.69) is 0 Å². The van der Waals surface area contributed by atoms with Crippen molar-refractivity contribution in [3.63, 3.8) is 0 Å². The summed E-state index contributed by atoms with van der Waals surface area (Å²) in [4.78, 5) is 10.9. The molecule has 2 aliphatic rings. The van der Waals surface area contributed by atoms with Crippen LogP contribution in [0.4, 0.5) is 0 Å². The molecule has 0 saturated carbocycles. The van der Waals surface area contributed by atoms with Crippen LogP contribution in [-0.4, -0.2) is 34.8 Å². The van der Waals surface area contributed by atoms with Gasteiger partial charge in [0, 0.05) is 12.4 Å². The number of aliphatic carboxylic acids is 1. The first-order chi connectivity index (χ1) is 7.61. The van der Waals surface area contributed by atoms with E-state index in [1.54, 1.807) is 0 Å². The molecule has 0 radical (unpaired) electrons. The molecule has 3 nitrogen and oxygen atoms in total. The summed E-state index contributed by atoms with van der Waals surface area (Å²) in [7, 11) is 0. The van der Waals surface area contributed by atoms with Crippen LogP contribution in [0.15, 0.2) is 0 Å². The largest absolute Gasteiger partial charge is 0.481 e. The van der Waals surface area contributed by atoms with Crippen molar-refractivity contribution in [2.75, 3.05) is 18.1 Å². The Kier molecular flexibility index (Phi) is 3.80. The van der Waals surface area contributed by atoms with Crippen molar-refractivity contribution >= 4 is 17.7 Å². The molecule has 4 heteroatoms. The van der Waals surface area contributed by atoms with Gasteiger partial charge in [0.15, 0.2) is 0 Å². The molecule has 3 unspecified atom stereocenters. The van der Waals surface area contributed by atoms with Crippen LogP contribution in [-0.2, 0) is 9.53 Å². The molecule has 2 aliphatic heterocycles. The van der Waals surface area contributed by atoms with Crippen molar-refractivity contribution in [1.29, 1.82) is 0 Å². The number of rotatable bonds is 3. The summed E-state index contributed by atoms with van der Waals surface area (Å²) in [5.74, 6) is 1.96. The van der Waals surface area contributed by atoms with E-state index in [1.165, 1.54) is 5.75 Å². The highest BCUT2D eigenvalue weighted by atomic mass is 32.2. The van der Waals surface area contributed by atoms with Crippen LogP contribution in [0.1, 0.15) is 32.6 Å². The number of carboxylic acid groups (broad SMARTS) is 1. The van der Waals surface area contributed by atoms with Crippen molar-refractivity contribution in [1.82, 2.24) is 0 Å². The van der Waals surface area contributed by atoms with Gasteiger partial charge in [-0.15, -0.1) is 0 Å². The molecule has 0 aromatic carbocycles. The van der Waals surface area contributed by atoms with Gasteiger partial charge in [-0.1, -0.05) is 6.92 Å². The van der Waals surface area contributed by atoms with Crippen LogP contribution >= 0.6 is 11.8 Å². The molecule has 2 fully saturated rings. The lowest BCUT2D eigenvalue weighted by Crippen LogP contribution is -2.40. The molecule has 16 heavy (non-hydrogen) atoms. The zero-order chi connectivity index (χ0) is 11.6. The summed E-state index contributed by atoms with van der Waals surface area (Å²) in [6.07, 6.45) is 4.06. The highest BCUT2D eigenvalue weighted by Gasteiger charge is 2.40. The van der Waals surface area contributed by atoms with Crippen LogP contribution in [0.3, 0.4) is 0 Å². The van der Waals surface area contributed by atoms with Gasteiger partial charge in [0.2, 0.25) is 0 Å². The van der Waals surface area contributed by atoms with Crippen molar-refractivity contribution in [2.45, 2.75) is 38.2 Å². The number of thioether (sulfide) groups is 1. The minimum atomic E-state index is -0.665. The summed E-state index contributed by atoms with van der Waals surface area (Å²) in [5, 5.41) is 8.93. The van der Waals surface area contributed by atoms with Crippen LogP contribution in [0.5, 0.6) is 0 Å². The van der Waals surface area contributed by atoms with Crippen molar-refractivity contribution in [3.05, 3.63) is 0 Å². The third kappa shape index (κ3) is 2.72. The van der Waals surface area contributed by atoms with Crippen LogP contribution in [0.2, 0.25) is 0 Å². The van der Waals surface area contributed by atoms with Gasteiger partial charge in [-0.25, -0.2) is 0 Å². The number of hydrogen-bond donors (Lipinski definition) is 1. The third-order valence-corrected chi connectivity index (χ3v) is 4.99. The first kappa shape index (κ1) is 12.2. The Morgan fingerprint density at radius 1 is 1.69 bits per heavy atom. The lowest BCUT2D eigenvalue weighted by atomic mass is 9.81. The summed E-state index contributed by atoms with van der Waals surface area (Å²) >= 11 is 1.97. The second kappa shape index (κ2) is 4.96. The second-order valence-electron chi connectivity index (χ2n) is 5.17. The van der Waals surface area contributed by atoms with Crippen LogP contribution in [0.25, 0.3) is 0 Å². The third-order valence-electron chi connectivity index (χ3n) is 3.77. The van der Waals surface area contributed by atoms with E-state index < -0.39 is 5.97 Å². The van der Waals surface area contributed by atoms with Gasteiger partial charge in [-0.3, -0.25) is 4.79 Å². The molecule has 2 heterocycles. The molecule has 0 aromatic rings. The first-order valence-corrected chi connectivity index (χ1v) is 7.21. The first-order valence-electron chi connectivity index (χ1n) is 6.06. The number of carboxylic acids is 1. The minimum Gasteiger partial charge on any atom is -0.481 e. The Bertz CT molecular complexity index is 261. The van der Waals surface area contributed by atoms with Gasteiger partial charge in [0.1, 0.15) is 0 Å². The maximum absolute atomic E-state index is 10.9. The fourth-order valence-electron chi connectivity index (χ4n) is 2.79.